The van der Waals surface area contributed by atoms with E-state index in [1.165, 1.54) is 0 Å². The molecular weight excluding hydrogens is 645 g/mol. The van der Waals surface area contributed by atoms with E-state index in [0.29, 0.717) is 37.8 Å². The van der Waals surface area contributed by atoms with Crippen molar-refractivity contribution in [1.29, 1.82) is 0 Å². The molecule has 0 bridgehead atoms. The van der Waals surface area contributed by atoms with Gasteiger partial charge in [0.25, 0.3) is 0 Å². The summed E-state index contributed by atoms with van der Waals surface area (Å²) in [5.74, 6) is -0.627. The van der Waals surface area contributed by atoms with Gasteiger partial charge in [0.15, 0.2) is 0 Å². The molecule has 2 N–H and O–H groups in total. The quantitative estimate of drug-likeness (QED) is 0.198. The molecule has 3 atom stereocenters. The maximum Gasteiger partial charge on any atom is 0.410 e. The molecule has 2 amide bonds. The summed E-state index contributed by atoms with van der Waals surface area (Å²) >= 11 is 0. The highest BCUT2D eigenvalue weighted by Gasteiger charge is 2.40. The molecule has 1 aliphatic heterocycles. The number of benzene rings is 2. The summed E-state index contributed by atoms with van der Waals surface area (Å²) < 4.78 is 42.4. The molecule has 1 fully saturated rings. The lowest BCUT2D eigenvalue weighted by atomic mass is 9.85. The van der Waals surface area contributed by atoms with Crippen LogP contribution in [0.25, 0.3) is 11.3 Å². The van der Waals surface area contributed by atoms with Gasteiger partial charge in [-0.3, -0.25) is 0 Å². The van der Waals surface area contributed by atoms with Crippen LogP contribution < -0.4 is 10.6 Å². The second-order valence-corrected chi connectivity index (χ2v) is 21.9. The van der Waals surface area contributed by atoms with Crippen LogP contribution in [-0.2, 0) is 16.0 Å². The van der Waals surface area contributed by atoms with E-state index in [9.17, 15) is 18.4 Å². The predicted octanol–water partition coefficient (Wildman–Crippen LogP) is 7.85. The Hall–Kier alpha value is -3.77. The van der Waals surface area contributed by atoms with Gasteiger partial charge in [-0.15, -0.1) is 0 Å². The molecule has 2 aromatic carbocycles. The van der Waals surface area contributed by atoms with E-state index < -0.39 is 37.5 Å². The van der Waals surface area contributed by atoms with Gasteiger partial charge >= 0.3 is 12.2 Å². The molecule has 9 nitrogen and oxygen atoms in total. The fourth-order valence-electron chi connectivity index (χ4n) is 5.81. The molecule has 1 aromatic heterocycles. The molecule has 0 aliphatic carbocycles. The van der Waals surface area contributed by atoms with E-state index in [-0.39, 0.29) is 35.5 Å². The zero-order valence-corrected chi connectivity index (χ0v) is 31.4. The Kier molecular flexibility index (Phi) is 12.0. The van der Waals surface area contributed by atoms with Crippen molar-refractivity contribution < 1.29 is 27.8 Å². The summed E-state index contributed by atoms with van der Waals surface area (Å²) in [7, 11) is -1.39. The smallest absolute Gasteiger partial charge is 0.410 e. The molecule has 4 rings (SSSR count). The highest BCUT2D eigenvalue weighted by Crippen LogP contribution is 2.35. The monoisotopic (exact) mass is 697 g/mol. The van der Waals surface area contributed by atoms with Crippen LogP contribution in [-0.4, -0.2) is 72.6 Å². The van der Waals surface area contributed by atoms with Crippen molar-refractivity contribution in [1.82, 2.24) is 25.1 Å². The van der Waals surface area contributed by atoms with Gasteiger partial charge in [0.1, 0.15) is 23.1 Å². The predicted molar refractivity (Wildman–Crippen MR) is 191 cm³/mol. The van der Waals surface area contributed by atoms with E-state index in [1.54, 1.807) is 11.1 Å². The summed E-state index contributed by atoms with van der Waals surface area (Å²) in [4.78, 5) is 32.6. The minimum absolute atomic E-state index is 0.0846. The maximum atomic E-state index is 15.0. The largest absolute Gasteiger partial charge is 0.450 e. The molecule has 3 unspecified atom stereocenters. The molecule has 2 heterocycles. The van der Waals surface area contributed by atoms with Gasteiger partial charge in [0, 0.05) is 51.9 Å². The Balaban J connectivity index is 1.62. The van der Waals surface area contributed by atoms with Gasteiger partial charge < -0.3 is 29.6 Å². The van der Waals surface area contributed by atoms with E-state index in [0.717, 1.165) is 29.8 Å². The van der Waals surface area contributed by atoms with Gasteiger partial charge in [0.05, 0.1) is 24.4 Å². The number of rotatable bonds is 11. The molecule has 0 spiro atoms. The highest BCUT2D eigenvalue weighted by molar-refractivity contribution is 6.76. The first kappa shape index (κ1) is 38.0. The van der Waals surface area contributed by atoms with Crippen LogP contribution in [0.5, 0.6) is 0 Å². The standard InChI is InChI=1S/C37H53F2N5O4Si/c1-36(2,3)32(33-41-31(28-19-27(38)15-16-29(28)39)24-43(33)21-25-13-11-10-12-14-25)40-20-26-22-44(35(46)48-37(4,5)6)23-30(26)42-34(45)47-17-18-49(7,8)9/h10-16,19,24,26,30,32,40H,17-18,20-23H2,1-9H3,(H,42,45). The highest BCUT2D eigenvalue weighted by atomic mass is 28.3. The van der Waals surface area contributed by atoms with Crippen molar-refractivity contribution >= 4 is 20.3 Å². The summed E-state index contributed by atoms with van der Waals surface area (Å²) in [5, 5.41) is 6.71. The maximum absolute atomic E-state index is 15.0. The van der Waals surface area contributed by atoms with Crippen molar-refractivity contribution in [3.05, 3.63) is 77.8 Å². The minimum atomic E-state index is -1.39. The number of carbonyl (C=O) groups is 2. The van der Waals surface area contributed by atoms with Crippen LogP contribution in [0.1, 0.15) is 59.0 Å². The van der Waals surface area contributed by atoms with Crippen molar-refractivity contribution in [2.45, 2.75) is 91.5 Å². The number of halogens is 2. The second kappa shape index (κ2) is 15.4. The summed E-state index contributed by atoms with van der Waals surface area (Å²) in [6.07, 6.45) is 0.814. The fraction of sp³-hybridized carbons (Fsp3) is 0.541. The number of alkyl carbamates (subject to hydrolysis) is 1. The molecule has 0 saturated carbocycles. The molecule has 1 aliphatic rings. The van der Waals surface area contributed by atoms with Crippen LogP contribution in [0.3, 0.4) is 0 Å². The summed E-state index contributed by atoms with van der Waals surface area (Å²) in [6, 6.07) is 13.4. The Morgan fingerprint density at radius 1 is 1.02 bits per heavy atom. The number of aromatic nitrogens is 2. The van der Waals surface area contributed by atoms with Crippen molar-refractivity contribution in [2.24, 2.45) is 11.3 Å². The van der Waals surface area contributed by atoms with Crippen LogP contribution in [0, 0.1) is 23.0 Å². The second-order valence-electron chi connectivity index (χ2n) is 16.3. The Labute approximate surface area is 290 Å². The zero-order valence-electron chi connectivity index (χ0n) is 30.4. The number of imidazole rings is 1. The van der Waals surface area contributed by atoms with Crippen molar-refractivity contribution in [3.8, 4) is 11.3 Å². The molecule has 12 heteroatoms. The molecule has 0 radical (unpaired) electrons. The third-order valence-electron chi connectivity index (χ3n) is 8.40. The first-order valence-corrected chi connectivity index (χ1v) is 20.7. The van der Waals surface area contributed by atoms with Crippen molar-refractivity contribution in [2.75, 3.05) is 26.2 Å². The topological polar surface area (TPSA) is 97.7 Å². The Morgan fingerprint density at radius 3 is 2.35 bits per heavy atom. The zero-order chi connectivity index (χ0) is 36.1. The SMILES string of the molecule is CC(C)(C)OC(=O)N1CC(CNC(c2nc(-c3cc(F)ccc3F)cn2Cc2ccccc2)C(C)(C)C)C(NC(=O)OCC[Si](C)(C)C)C1. The number of likely N-dealkylation sites (tertiary alicyclic amines) is 1. The van der Waals surface area contributed by atoms with Crippen LogP contribution in [0.4, 0.5) is 18.4 Å². The fourth-order valence-corrected chi connectivity index (χ4v) is 6.52. The normalized spacial score (nSPS) is 17.6. The first-order chi connectivity index (χ1) is 22.8. The van der Waals surface area contributed by atoms with E-state index in [1.807, 2.05) is 55.7 Å². The number of carbonyl (C=O) groups excluding carboxylic acids is 2. The molecular formula is C37H53F2N5O4Si. The van der Waals surface area contributed by atoms with Crippen LogP contribution in [0.15, 0.2) is 54.7 Å². The third kappa shape index (κ3) is 11.1. The Morgan fingerprint density at radius 2 is 1.71 bits per heavy atom. The number of ether oxygens (including phenoxy) is 2. The number of amides is 2. The average Bonchev–Trinajstić information content (AvgIpc) is 3.57. The van der Waals surface area contributed by atoms with Crippen LogP contribution in [0.2, 0.25) is 25.7 Å². The number of hydrogen-bond acceptors (Lipinski definition) is 6. The van der Waals surface area contributed by atoms with Crippen molar-refractivity contribution in [3.63, 3.8) is 0 Å². The lowest BCUT2D eigenvalue weighted by Gasteiger charge is -2.33. The number of nitrogens with zero attached hydrogens (tertiary/aromatic N) is 3. The lowest BCUT2D eigenvalue weighted by Crippen LogP contribution is -2.46. The number of hydrogen-bond donors (Lipinski definition) is 2. The van der Waals surface area contributed by atoms with Gasteiger partial charge in [-0.1, -0.05) is 70.7 Å². The lowest BCUT2D eigenvalue weighted by molar-refractivity contribution is 0.0284. The number of nitrogens with one attached hydrogen (secondary N) is 2. The molecule has 49 heavy (non-hydrogen) atoms. The van der Waals surface area contributed by atoms with Gasteiger partial charge in [-0.25, -0.2) is 23.4 Å². The average molecular weight is 698 g/mol. The van der Waals surface area contributed by atoms with Gasteiger partial charge in [0.2, 0.25) is 0 Å². The Bertz CT molecular complexity index is 1580. The third-order valence-corrected chi connectivity index (χ3v) is 10.1. The minimum Gasteiger partial charge on any atom is -0.450 e. The van der Waals surface area contributed by atoms with E-state index in [4.69, 9.17) is 14.5 Å². The van der Waals surface area contributed by atoms with Crippen LogP contribution >= 0.6 is 0 Å². The van der Waals surface area contributed by atoms with E-state index >= 15 is 0 Å². The van der Waals surface area contributed by atoms with E-state index in [2.05, 4.69) is 51.0 Å². The molecule has 3 aromatic rings. The summed E-state index contributed by atoms with van der Waals surface area (Å²) in [6.45, 7) is 20.3. The molecule has 1 saturated heterocycles. The van der Waals surface area contributed by atoms with Gasteiger partial charge in [-0.05, 0) is 56.0 Å². The summed E-state index contributed by atoms with van der Waals surface area (Å²) in [5.41, 5.74) is 0.399. The first-order valence-electron chi connectivity index (χ1n) is 17.0. The molecule has 268 valence electrons. The van der Waals surface area contributed by atoms with Gasteiger partial charge in [-0.2, -0.15) is 0 Å².